The number of sulfonamides is 1. The summed E-state index contributed by atoms with van der Waals surface area (Å²) in [4.78, 5) is 11.4. The van der Waals surface area contributed by atoms with E-state index in [0.29, 0.717) is 30.3 Å². The Kier molecular flexibility index (Phi) is 5.33. The highest BCUT2D eigenvalue weighted by Crippen LogP contribution is 2.40. The third-order valence-electron chi connectivity index (χ3n) is 5.44. The number of aromatic amines is 1. The van der Waals surface area contributed by atoms with Gasteiger partial charge >= 0.3 is 0 Å². The van der Waals surface area contributed by atoms with E-state index in [9.17, 15) is 8.42 Å². The predicted molar refractivity (Wildman–Crippen MR) is 116 cm³/mol. The van der Waals surface area contributed by atoms with Gasteiger partial charge in [-0.15, -0.1) is 0 Å². The molecular formula is C21H26N6O2S. The monoisotopic (exact) mass is 426 g/mol. The molecule has 3 heterocycles. The van der Waals surface area contributed by atoms with Crippen LogP contribution in [0.3, 0.4) is 0 Å². The quantitative estimate of drug-likeness (QED) is 0.674. The van der Waals surface area contributed by atoms with E-state index in [1.165, 1.54) is 0 Å². The summed E-state index contributed by atoms with van der Waals surface area (Å²) < 4.78 is 28.8. The number of rotatable bonds is 5. The zero-order chi connectivity index (χ0) is 21.5. The van der Waals surface area contributed by atoms with Crippen molar-refractivity contribution < 1.29 is 8.42 Å². The first-order valence-electron chi connectivity index (χ1n) is 9.94. The molecule has 158 valence electrons. The van der Waals surface area contributed by atoms with Gasteiger partial charge in [-0.25, -0.2) is 18.4 Å². The van der Waals surface area contributed by atoms with Crippen molar-refractivity contribution in [2.75, 3.05) is 25.5 Å². The second kappa shape index (κ2) is 7.81. The highest BCUT2D eigenvalue weighted by atomic mass is 32.2. The van der Waals surface area contributed by atoms with E-state index in [2.05, 4.69) is 15.2 Å². The van der Waals surface area contributed by atoms with Gasteiger partial charge in [-0.1, -0.05) is 30.3 Å². The number of aromatic nitrogens is 4. The molecule has 1 atom stereocenters. The topological polar surface area (TPSA) is 95.1 Å². The average Bonchev–Trinajstić information content (AvgIpc) is 3.35. The van der Waals surface area contributed by atoms with Crippen LogP contribution in [0.4, 0.5) is 5.95 Å². The maximum atomic E-state index is 13.6. The van der Waals surface area contributed by atoms with E-state index in [1.54, 1.807) is 24.3 Å². The molecule has 1 aliphatic rings. The van der Waals surface area contributed by atoms with Gasteiger partial charge in [-0.3, -0.25) is 5.10 Å². The van der Waals surface area contributed by atoms with E-state index in [-0.39, 0.29) is 10.9 Å². The van der Waals surface area contributed by atoms with Gasteiger partial charge < -0.3 is 4.90 Å². The predicted octanol–water partition coefficient (Wildman–Crippen LogP) is 3.08. The van der Waals surface area contributed by atoms with Crippen LogP contribution in [-0.4, -0.2) is 53.5 Å². The molecule has 1 aliphatic heterocycles. The maximum Gasteiger partial charge on any atom is 0.247 e. The molecule has 0 amide bonds. The van der Waals surface area contributed by atoms with Crippen LogP contribution < -0.4 is 4.90 Å². The molecule has 0 spiro atoms. The third kappa shape index (κ3) is 3.48. The summed E-state index contributed by atoms with van der Waals surface area (Å²) in [7, 11) is 0.0348. The summed E-state index contributed by atoms with van der Waals surface area (Å²) in [5.74, 6) is 0.560. The van der Waals surface area contributed by atoms with E-state index >= 15 is 0 Å². The SMILES string of the molecule is Cc1n[nH]c(C)c1S(=O)(=O)N1CCCC1c1nc(N(C)C)ncc1-c1ccccc1. The van der Waals surface area contributed by atoms with Crippen LogP contribution in [0.2, 0.25) is 0 Å². The van der Waals surface area contributed by atoms with E-state index in [4.69, 9.17) is 4.98 Å². The standard InChI is InChI=1S/C21H26N6O2S/c1-14-20(15(2)25-24-14)30(28,29)27-12-8-11-18(27)19-17(16-9-6-5-7-10-16)13-22-21(23-19)26(3)4/h5-7,9-10,13,18H,8,11-12H2,1-4H3,(H,24,25). The van der Waals surface area contributed by atoms with Crippen molar-refractivity contribution in [3.63, 3.8) is 0 Å². The molecule has 0 saturated carbocycles. The van der Waals surface area contributed by atoms with Crippen molar-refractivity contribution >= 4 is 16.0 Å². The lowest BCUT2D eigenvalue weighted by Crippen LogP contribution is -2.32. The van der Waals surface area contributed by atoms with Crippen LogP contribution in [0.5, 0.6) is 0 Å². The third-order valence-corrected chi connectivity index (χ3v) is 7.61. The van der Waals surface area contributed by atoms with E-state index in [0.717, 1.165) is 23.2 Å². The van der Waals surface area contributed by atoms with E-state index < -0.39 is 10.0 Å². The first-order chi connectivity index (χ1) is 14.3. The molecule has 30 heavy (non-hydrogen) atoms. The number of nitrogens with zero attached hydrogens (tertiary/aromatic N) is 5. The molecule has 0 bridgehead atoms. The normalized spacial score (nSPS) is 17.4. The molecular weight excluding hydrogens is 400 g/mol. The fourth-order valence-electron chi connectivity index (χ4n) is 4.03. The summed E-state index contributed by atoms with van der Waals surface area (Å²) >= 11 is 0. The molecule has 1 unspecified atom stereocenters. The Labute approximate surface area is 177 Å². The molecule has 3 aromatic rings. The van der Waals surface area contributed by atoms with Crippen molar-refractivity contribution in [2.45, 2.75) is 37.6 Å². The molecule has 1 saturated heterocycles. The van der Waals surface area contributed by atoms with Crippen molar-refractivity contribution in [3.05, 3.63) is 53.6 Å². The Morgan fingerprint density at radius 2 is 1.90 bits per heavy atom. The lowest BCUT2D eigenvalue weighted by atomic mass is 10.0. The Morgan fingerprint density at radius 1 is 1.17 bits per heavy atom. The summed E-state index contributed by atoms with van der Waals surface area (Å²) in [5.41, 5.74) is 3.60. The summed E-state index contributed by atoms with van der Waals surface area (Å²) in [6.45, 7) is 3.90. The Bertz CT molecular complexity index is 1140. The summed E-state index contributed by atoms with van der Waals surface area (Å²) in [6, 6.07) is 9.50. The smallest absolute Gasteiger partial charge is 0.247 e. The molecule has 0 radical (unpaired) electrons. The molecule has 1 aromatic carbocycles. The average molecular weight is 427 g/mol. The van der Waals surface area contributed by atoms with Gasteiger partial charge in [-0.2, -0.15) is 9.40 Å². The number of nitrogens with one attached hydrogen (secondary N) is 1. The molecule has 2 aromatic heterocycles. The number of H-pyrrole nitrogens is 1. The number of benzene rings is 1. The first kappa shape index (κ1) is 20.5. The lowest BCUT2D eigenvalue weighted by molar-refractivity contribution is 0.390. The molecule has 1 fully saturated rings. The second-order valence-electron chi connectivity index (χ2n) is 7.77. The fourth-order valence-corrected chi connectivity index (χ4v) is 6.03. The Morgan fingerprint density at radius 3 is 2.53 bits per heavy atom. The van der Waals surface area contributed by atoms with Gasteiger partial charge in [-0.05, 0) is 32.3 Å². The number of anilines is 1. The summed E-state index contributed by atoms with van der Waals surface area (Å²) in [6.07, 6.45) is 3.28. The van der Waals surface area contributed by atoms with Crippen LogP contribution in [0.25, 0.3) is 11.1 Å². The molecule has 8 nitrogen and oxygen atoms in total. The van der Waals surface area contributed by atoms with Gasteiger partial charge in [0.05, 0.1) is 23.1 Å². The van der Waals surface area contributed by atoms with Crippen molar-refractivity contribution in [3.8, 4) is 11.1 Å². The minimum Gasteiger partial charge on any atom is -0.347 e. The Balaban J connectivity index is 1.85. The molecule has 0 aliphatic carbocycles. The number of aryl methyl sites for hydroxylation is 2. The highest BCUT2D eigenvalue weighted by Gasteiger charge is 2.40. The van der Waals surface area contributed by atoms with Crippen molar-refractivity contribution in [1.29, 1.82) is 0 Å². The van der Waals surface area contributed by atoms with Crippen LogP contribution >= 0.6 is 0 Å². The Hall–Kier alpha value is -2.78. The van der Waals surface area contributed by atoms with Crippen LogP contribution in [0.15, 0.2) is 41.4 Å². The van der Waals surface area contributed by atoms with Gasteiger partial charge in [0.1, 0.15) is 4.90 Å². The minimum atomic E-state index is -3.72. The van der Waals surface area contributed by atoms with E-state index in [1.807, 2.05) is 49.3 Å². The fraction of sp³-hybridized carbons (Fsp3) is 0.381. The molecule has 1 N–H and O–H groups in total. The van der Waals surface area contributed by atoms with Gasteiger partial charge in [0.15, 0.2) is 0 Å². The van der Waals surface area contributed by atoms with Crippen molar-refractivity contribution in [1.82, 2.24) is 24.5 Å². The zero-order valence-corrected chi connectivity index (χ0v) is 18.4. The van der Waals surface area contributed by atoms with Gasteiger partial charge in [0, 0.05) is 32.4 Å². The van der Waals surface area contributed by atoms with Crippen LogP contribution in [0, 0.1) is 13.8 Å². The minimum absolute atomic E-state index is 0.262. The van der Waals surface area contributed by atoms with Crippen molar-refractivity contribution in [2.24, 2.45) is 0 Å². The number of hydrogen-bond donors (Lipinski definition) is 1. The van der Waals surface area contributed by atoms with Gasteiger partial charge in [0.2, 0.25) is 16.0 Å². The van der Waals surface area contributed by atoms with Crippen LogP contribution in [0.1, 0.15) is 36.0 Å². The first-order valence-corrected chi connectivity index (χ1v) is 11.4. The maximum absolute atomic E-state index is 13.6. The second-order valence-corrected chi connectivity index (χ2v) is 9.59. The zero-order valence-electron chi connectivity index (χ0n) is 17.6. The molecule has 4 rings (SSSR count). The largest absolute Gasteiger partial charge is 0.347 e. The summed E-state index contributed by atoms with van der Waals surface area (Å²) in [5, 5.41) is 6.89. The molecule has 9 heteroatoms. The van der Waals surface area contributed by atoms with Gasteiger partial charge in [0.25, 0.3) is 0 Å². The lowest BCUT2D eigenvalue weighted by Gasteiger charge is -2.26. The van der Waals surface area contributed by atoms with Crippen LogP contribution in [-0.2, 0) is 10.0 Å². The number of hydrogen-bond acceptors (Lipinski definition) is 6. The highest BCUT2D eigenvalue weighted by molar-refractivity contribution is 7.89.